The highest BCUT2D eigenvalue weighted by atomic mass is 16.4. The Balaban J connectivity index is 1.96. The summed E-state index contributed by atoms with van der Waals surface area (Å²) in [5.41, 5.74) is 3.42. The molecule has 0 amide bonds. The van der Waals surface area contributed by atoms with Crippen LogP contribution in [-0.4, -0.2) is 22.3 Å². The molecule has 0 saturated heterocycles. The van der Waals surface area contributed by atoms with Crippen molar-refractivity contribution < 1.29 is 15.0 Å². The van der Waals surface area contributed by atoms with Gasteiger partial charge in [0.05, 0.1) is 12.0 Å². The molecule has 2 rings (SSSR count). The minimum Gasteiger partial charge on any atom is -0.481 e. The van der Waals surface area contributed by atoms with Gasteiger partial charge in [-0.15, -0.1) is 0 Å². The number of benzene rings is 2. The summed E-state index contributed by atoms with van der Waals surface area (Å²) in [7, 11) is 0. The van der Waals surface area contributed by atoms with Crippen molar-refractivity contribution in [1.29, 1.82) is 0 Å². The van der Waals surface area contributed by atoms with Crippen LogP contribution in [0, 0.1) is 5.92 Å². The molecule has 0 aliphatic heterocycles. The van der Waals surface area contributed by atoms with Crippen molar-refractivity contribution in [3.8, 4) is 11.1 Å². The number of rotatable bonds is 6. The van der Waals surface area contributed by atoms with Crippen molar-refractivity contribution in [1.82, 2.24) is 0 Å². The smallest absolute Gasteiger partial charge is 0.308 e. The molecule has 110 valence electrons. The fraction of sp³-hybridized carbons (Fsp3) is 0.278. The van der Waals surface area contributed by atoms with Gasteiger partial charge in [-0.1, -0.05) is 54.6 Å². The van der Waals surface area contributed by atoms with E-state index in [2.05, 4.69) is 24.3 Å². The Morgan fingerprint density at radius 3 is 2.14 bits per heavy atom. The van der Waals surface area contributed by atoms with Gasteiger partial charge in [-0.05, 0) is 36.5 Å². The molecular weight excluding hydrogens is 264 g/mol. The summed E-state index contributed by atoms with van der Waals surface area (Å²) in [6, 6.07) is 18.3. The number of hydrogen-bond acceptors (Lipinski definition) is 2. The number of aryl methyl sites for hydroxylation is 1. The largest absolute Gasteiger partial charge is 0.481 e. The second-order valence-corrected chi connectivity index (χ2v) is 5.30. The van der Waals surface area contributed by atoms with Gasteiger partial charge in [0, 0.05) is 0 Å². The van der Waals surface area contributed by atoms with Crippen molar-refractivity contribution in [2.75, 3.05) is 0 Å². The van der Waals surface area contributed by atoms with E-state index >= 15 is 0 Å². The summed E-state index contributed by atoms with van der Waals surface area (Å²) in [6.07, 6.45) is 0.322. The highest BCUT2D eigenvalue weighted by Crippen LogP contribution is 2.20. The zero-order valence-corrected chi connectivity index (χ0v) is 12.1. The predicted molar refractivity (Wildman–Crippen MR) is 83.0 cm³/mol. The maximum absolute atomic E-state index is 10.8. The molecule has 0 aliphatic rings. The Hall–Kier alpha value is -2.13. The number of aliphatic carboxylic acids is 1. The molecule has 0 spiro atoms. The third-order valence-corrected chi connectivity index (χ3v) is 3.76. The summed E-state index contributed by atoms with van der Waals surface area (Å²) in [4.78, 5) is 10.8. The lowest BCUT2D eigenvalue weighted by atomic mass is 9.97. The van der Waals surface area contributed by atoms with E-state index in [0.29, 0.717) is 12.8 Å². The average molecular weight is 284 g/mol. The van der Waals surface area contributed by atoms with Crippen LogP contribution in [0.15, 0.2) is 54.6 Å². The van der Waals surface area contributed by atoms with E-state index in [1.54, 1.807) is 0 Å². The standard InChI is InChI=1S/C18H20O3/c1-13(18(20)21)17(19)12-9-14-7-10-16(11-8-14)15-5-3-2-4-6-15/h2-8,10-11,13,17,19H,9,12H2,1H3,(H,20,21). The van der Waals surface area contributed by atoms with Gasteiger partial charge in [0.2, 0.25) is 0 Å². The van der Waals surface area contributed by atoms with Crippen molar-refractivity contribution in [3.63, 3.8) is 0 Å². The number of aliphatic hydroxyl groups excluding tert-OH is 1. The van der Waals surface area contributed by atoms with Gasteiger partial charge in [-0.3, -0.25) is 4.79 Å². The molecule has 0 aromatic heterocycles. The van der Waals surface area contributed by atoms with Crippen molar-refractivity contribution in [2.45, 2.75) is 25.9 Å². The van der Waals surface area contributed by atoms with Gasteiger partial charge in [0.25, 0.3) is 0 Å². The SMILES string of the molecule is CC(C(=O)O)C(O)CCc1ccc(-c2ccccc2)cc1. The van der Waals surface area contributed by atoms with Crippen LogP contribution >= 0.6 is 0 Å². The highest BCUT2D eigenvalue weighted by Gasteiger charge is 2.20. The van der Waals surface area contributed by atoms with E-state index in [0.717, 1.165) is 11.1 Å². The summed E-state index contributed by atoms with van der Waals surface area (Å²) in [5, 5.41) is 18.7. The molecule has 0 aliphatic carbocycles. The molecule has 3 heteroatoms. The van der Waals surface area contributed by atoms with Gasteiger partial charge >= 0.3 is 5.97 Å². The lowest BCUT2D eigenvalue weighted by molar-refractivity contribution is -0.144. The second-order valence-electron chi connectivity index (χ2n) is 5.30. The number of carboxylic acid groups (broad SMARTS) is 1. The Labute approximate surface area is 124 Å². The molecule has 2 aromatic rings. The van der Waals surface area contributed by atoms with Crippen LogP contribution in [0.25, 0.3) is 11.1 Å². The van der Waals surface area contributed by atoms with Crippen LogP contribution < -0.4 is 0 Å². The lowest BCUT2D eigenvalue weighted by Crippen LogP contribution is -2.25. The first-order chi connectivity index (χ1) is 10.1. The van der Waals surface area contributed by atoms with Gasteiger partial charge in [-0.25, -0.2) is 0 Å². The molecule has 2 atom stereocenters. The zero-order valence-electron chi connectivity index (χ0n) is 12.1. The third kappa shape index (κ3) is 4.17. The monoisotopic (exact) mass is 284 g/mol. The number of carboxylic acids is 1. The molecule has 3 nitrogen and oxygen atoms in total. The second kappa shape index (κ2) is 7.04. The Kier molecular flexibility index (Phi) is 5.12. The molecule has 0 saturated carbocycles. The van der Waals surface area contributed by atoms with Crippen molar-refractivity contribution in [2.24, 2.45) is 5.92 Å². The van der Waals surface area contributed by atoms with Gasteiger partial charge in [-0.2, -0.15) is 0 Å². The fourth-order valence-corrected chi connectivity index (χ4v) is 2.22. The van der Waals surface area contributed by atoms with E-state index in [1.807, 2.05) is 30.3 Å². The minimum absolute atomic E-state index is 0.456. The third-order valence-electron chi connectivity index (χ3n) is 3.76. The van der Waals surface area contributed by atoms with Crippen molar-refractivity contribution >= 4 is 5.97 Å². The van der Waals surface area contributed by atoms with E-state index < -0.39 is 18.0 Å². The summed E-state index contributed by atoms with van der Waals surface area (Å²) in [6.45, 7) is 1.53. The zero-order chi connectivity index (χ0) is 15.2. The minimum atomic E-state index is -0.957. The Morgan fingerprint density at radius 1 is 1.00 bits per heavy atom. The normalized spacial score (nSPS) is 13.6. The molecule has 2 aromatic carbocycles. The average Bonchev–Trinajstić information content (AvgIpc) is 2.53. The van der Waals surface area contributed by atoms with Gasteiger partial charge < -0.3 is 10.2 Å². The molecule has 2 unspecified atom stereocenters. The first kappa shape index (κ1) is 15.3. The Bertz CT molecular complexity index is 575. The number of aliphatic hydroxyl groups is 1. The maximum Gasteiger partial charge on any atom is 0.308 e. The van der Waals surface area contributed by atoms with Crippen LogP contribution in [0.1, 0.15) is 18.9 Å². The first-order valence-electron chi connectivity index (χ1n) is 7.13. The maximum atomic E-state index is 10.8. The molecule has 0 bridgehead atoms. The van der Waals surface area contributed by atoms with Crippen LogP contribution in [0.2, 0.25) is 0 Å². The quantitative estimate of drug-likeness (QED) is 0.855. The van der Waals surface area contributed by atoms with Crippen LogP contribution in [0.3, 0.4) is 0 Å². The van der Waals surface area contributed by atoms with Gasteiger partial charge in [0.1, 0.15) is 0 Å². The topological polar surface area (TPSA) is 57.5 Å². The number of hydrogen-bond donors (Lipinski definition) is 2. The van der Waals surface area contributed by atoms with E-state index in [-0.39, 0.29) is 0 Å². The van der Waals surface area contributed by atoms with Crippen LogP contribution in [0.4, 0.5) is 0 Å². The van der Waals surface area contributed by atoms with E-state index in [4.69, 9.17) is 5.11 Å². The summed E-state index contributed by atoms with van der Waals surface area (Å²) in [5.74, 6) is -1.68. The van der Waals surface area contributed by atoms with Crippen LogP contribution in [-0.2, 0) is 11.2 Å². The molecule has 0 fully saturated rings. The first-order valence-corrected chi connectivity index (χ1v) is 7.13. The molecular formula is C18H20O3. The Morgan fingerprint density at radius 2 is 1.57 bits per heavy atom. The lowest BCUT2D eigenvalue weighted by Gasteiger charge is -2.14. The fourth-order valence-electron chi connectivity index (χ4n) is 2.22. The van der Waals surface area contributed by atoms with Crippen molar-refractivity contribution in [3.05, 3.63) is 60.2 Å². The molecule has 0 radical (unpaired) electrons. The highest BCUT2D eigenvalue weighted by molar-refractivity contribution is 5.70. The summed E-state index contributed by atoms with van der Waals surface area (Å²) < 4.78 is 0. The molecule has 21 heavy (non-hydrogen) atoms. The van der Waals surface area contributed by atoms with Crippen LogP contribution in [0.5, 0.6) is 0 Å². The summed E-state index contributed by atoms with van der Waals surface area (Å²) >= 11 is 0. The van der Waals surface area contributed by atoms with E-state index in [9.17, 15) is 9.90 Å². The predicted octanol–water partition coefficient (Wildman–Crippen LogP) is 3.37. The molecule has 0 heterocycles. The number of carbonyl (C=O) groups is 1. The van der Waals surface area contributed by atoms with Gasteiger partial charge in [0.15, 0.2) is 0 Å². The molecule has 2 N–H and O–H groups in total. The van der Waals surface area contributed by atoms with E-state index in [1.165, 1.54) is 12.5 Å².